The molecule has 2 amide bonds. The van der Waals surface area contributed by atoms with Crippen molar-refractivity contribution in [3.63, 3.8) is 0 Å². The van der Waals surface area contributed by atoms with Crippen LogP contribution in [0.2, 0.25) is 5.02 Å². The summed E-state index contributed by atoms with van der Waals surface area (Å²) in [6, 6.07) is 12.5. The lowest BCUT2D eigenvalue weighted by Gasteiger charge is -2.13. The number of aromatic nitrogens is 8. The number of benzene rings is 3. The molecule has 0 aliphatic heterocycles. The molecule has 0 spiro atoms. The Balaban J connectivity index is 0.000000215. The summed E-state index contributed by atoms with van der Waals surface area (Å²) < 4.78 is 80.2. The molecule has 0 fully saturated rings. The number of nitrogens with zero attached hydrogens (tertiary/aromatic N) is 8. The minimum atomic E-state index is -4.59. The van der Waals surface area contributed by atoms with Crippen LogP contribution in [-0.2, 0) is 20.3 Å². The molecule has 4 aromatic heterocycles. The molecular formula is C36H27ClF5N11O3. The number of anilines is 3. The van der Waals surface area contributed by atoms with Crippen molar-refractivity contribution in [1.29, 1.82) is 0 Å². The molecule has 7 aromatic rings. The van der Waals surface area contributed by atoms with E-state index in [1.807, 2.05) is 13.2 Å². The third-order valence-corrected chi connectivity index (χ3v) is 7.74. The predicted molar refractivity (Wildman–Crippen MR) is 195 cm³/mol. The van der Waals surface area contributed by atoms with Crippen LogP contribution in [0.15, 0.2) is 104 Å². The zero-order valence-corrected chi connectivity index (χ0v) is 29.7. The first kappa shape index (κ1) is 38.6. The first-order valence-corrected chi connectivity index (χ1v) is 16.3. The van der Waals surface area contributed by atoms with E-state index < -0.39 is 29.4 Å². The van der Waals surface area contributed by atoms with Crippen LogP contribution in [0.1, 0.15) is 5.56 Å². The summed E-state index contributed by atoms with van der Waals surface area (Å²) in [4.78, 5) is 28.7. The standard InChI is InChI=1S/C22H15ClF4N6O2.C14H12FN5O/c1-33-10-12(9-30-33)18-8-20(29-11-28-18)35-14-3-4-16(24)19(7-14)32-21(34)31-17-5-2-13(6-15(17)23)22(25,26)27;1-20-7-9(6-19-20)13-5-14(18-8-17-13)21-10-2-3-11(15)12(16)4-10/h2-11H,1H3,(H2,31,32,34);2-8H,16H2,1H3. The van der Waals surface area contributed by atoms with E-state index in [-0.39, 0.29) is 33.7 Å². The van der Waals surface area contributed by atoms with Gasteiger partial charge in [0.1, 0.15) is 35.8 Å². The maximum absolute atomic E-state index is 14.3. The second-order valence-electron chi connectivity index (χ2n) is 11.6. The maximum atomic E-state index is 14.3. The minimum absolute atomic E-state index is 0.0223. The Kier molecular flexibility index (Phi) is 11.3. The number of nitrogens with two attached hydrogens (primary N) is 1. The summed E-state index contributed by atoms with van der Waals surface area (Å²) in [5, 5.41) is 12.4. The normalized spacial score (nSPS) is 11.0. The number of amides is 2. The molecule has 0 aliphatic rings. The Bertz CT molecular complexity index is 2510. The molecular weight excluding hydrogens is 765 g/mol. The lowest BCUT2D eigenvalue weighted by Crippen LogP contribution is -2.20. The number of hydrogen-bond donors (Lipinski definition) is 3. The lowest BCUT2D eigenvalue weighted by atomic mass is 10.2. The zero-order valence-electron chi connectivity index (χ0n) is 29.0. The van der Waals surface area contributed by atoms with Gasteiger partial charge in [-0.1, -0.05) is 11.6 Å². The minimum Gasteiger partial charge on any atom is -0.439 e. The molecule has 0 radical (unpaired) electrons. The van der Waals surface area contributed by atoms with Gasteiger partial charge in [0.05, 0.1) is 51.4 Å². The number of halogens is 6. The molecule has 56 heavy (non-hydrogen) atoms. The number of nitrogens with one attached hydrogen (secondary N) is 2. The highest BCUT2D eigenvalue weighted by Gasteiger charge is 2.31. The number of carbonyl (C=O) groups is 1. The number of urea groups is 1. The molecule has 4 heterocycles. The van der Waals surface area contributed by atoms with Crippen LogP contribution in [0.5, 0.6) is 23.3 Å². The van der Waals surface area contributed by atoms with E-state index in [4.69, 9.17) is 26.8 Å². The Labute approximate surface area is 318 Å². The van der Waals surface area contributed by atoms with Crippen LogP contribution in [0.3, 0.4) is 0 Å². The van der Waals surface area contributed by atoms with Crippen LogP contribution in [0.25, 0.3) is 22.5 Å². The molecule has 0 unspecified atom stereocenters. The Morgan fingerprint density at radius 1 is 0.714 bits per heavy atom. The van der Waals surface area contributed by atoms with Crippen molar-refractivity contribution in [3.8, 4) is 45.8 Å². The van der Waals surface area contributed by atoms with Gasteiger partial charge in [-0.3, -0.25) is 9.36 Å². The smallest absolute Gasteiger partial charge is 0.416 e. The topological polar surface area (TPSA) is 173 Å². The first-order chi connectivity index (χ1) is 26.7. The van der Waals surface area contributed by atoms with Gasteiger partial charge in [-0.25, -0.2) is 33.5 Å². The quantitative estimate of drug-likeness (QED) is 0.100. The lowest BCUT2D eigenvalue weighted by molar-refractivity contribution is -0.137. The average molecular weight is 792 g/mol. The Hall–Kier alpha value is -7.15. The number of hydrogen-bond acceptors (Lipinski definition) is 10. The van der Waals surface area contributed by atoms with Gasteiger partial charge >= 0.3 is 12.2 Å². The monoisotopic (exact) mass is 791 g/mol. The molecule has 14 nitrogen and oxygen atoms in total. The highest BCUT2D eigenvalue weighted by Crippen LogP contribution is 2.34. The van der Waals surface area contributed by atoms with E-state index in [2.05, 4.69) is 40.8 Å². The van der Waals surface area contributed by atoms with Gasteiger partial charge in [-0.05, 0) is 42.5 Å². The summed E-state index contributed by atoms with van der Waals surface area (Å²) in [5.74, 6) is -0.187. The van der Waals surface area contributed by atoms with Gasteiger partial charge in [0.15, 0.2) is 0 Å². The number of rotatable bonds is 8. The molecule has 0 atom stereocenters. The summed E-state index contributed by atoms with van der Waals surface area (Å²) in [6.45, 7) is 0. The van der Waals surface area contributed by atoms with E-state index in [9.17, 15) is 26.7 Å². The van der Waals surface area contributed by atoms with E-state index in [0.717, 1.165) is 29.3 Å². The molecule has 4 N–H and O–H groups in total. The highest BCUT2D eigenvalue weighted by atomic mass is 35.5. The number of alkyl halides is 3. The molecule has 3 aromatic carbocycles. The highest BCUT2D eigenvalue weighted by molar-refractivity contribution is 6.33. The van der Waals surface area contributed by atoms with E-state index in [1.54, 1.807) is 47.1 Å². The van der Waals surface area contributed by atoms with Crippen molar-refractivity contribution in [3.05, 3.63) is 126 Å². The van der Waals surface area contributed by atoms with E-state index in [1.165, 1.54) is 43.0 Å². The summed E-state index contributed by atoms with van der Waals surface area (Å²) in [5.41, 5.74) is 7.04. The third kappa shape index (κ3) is 9.88. The van der Waals surface area contributed by atoms with Gasteiger partial charge in [-0.15, -0.1) is 0 Å². The van der Waals surface area contributed by atoms with Gasteiger partial charge < -0.3 is 25.8 Å². The number of ether oxygens (including phenoxy) is 2. The molecule has 20 heteroatoms. The van der Waals surface area contributed by atoms with Crippen molar-refractivity contribution < 1.29 is 36.2 Å². The van der Waals surface area contributed by atoms with E-state index >= 15 is 0 Å². The largest absolute Gasteiger partial charge is 0.439 e. The molecule has 0 saturated heterocycles. The second-order valence-corrected chi connectivity index (χ2v) is 12.0. The van der Waals surface area contributed by atoms with Crippen molar-refractivity contribution in [2.45, 2.75) is 6.18 Å². The maximum Gasteiger partial charge on any atom is 0.416 e. The number of carbonyl (C=O) groups excluding carboxylic acids is 1. The van der Waals surface area contributed by atoms with Crippen LogP contribution >= 0.6 is 11.6 Å². The van der Waals surface area contributed by atoms with Crippen LogP contribution in [-0.4, -0.2) is 45.5 Å². The van der Waals surface area contributed by atoms with Crippen molar-refractivity contribution in [2.75, 3.05) is 16.4 Å². The SMILES string of the molecule is Cn1cc(-c2cc(Oc3ccc(F)c(N)c3)ncn2)cn1.Cn1cc(-c2cc(Oc3ccc(F)c(NC(=O)Nc4ccc(C(F)(F)F)cc4Cl)c3)ncn2)cn1. The van der Waals surface area contributed by atoms with Gasteiger partial charge in [0, 0.05) is 61.9 Å². The number of aryl methyl sites for hydroxylation is 2. The Morgan fingerprint density at radius 3 is 1.75 bits per heavy atom. The molecule has 0 aliphatic carbocycles. The average Bonchev–Trinajstić information content (AvgIpc) is 3.80. The van der Waals surface area contributed by atoms with Crippen molar-refractivity contribution >= 4 is 34.7 Å². The predicted octanol–water partition coefficient (Wildman–Crippen LogP) is 8.52. The molecule has 286 valence electrons. The van der Waals surface area contributed by atoms with Gasteiger partial charge in [-0.2, -0.15) is 23.4 Å². The Morgan fingerprint density at radius 2 is 1.25 bits per heavy atom. The van der Waals surface area contributed by atoms with Crippen molar-refractivity contribution in [1.82, 2.24) is 39.5 Å². The first-order valence-electron chi connectivity index (χ1n) is 16.0. The number of nitrogen functional groups attached to an aromatic ring is 1. The zero-order chi connectivity index (χ0) is 40.0. The summed E-state index contributed by atoms with van der Waals surface area (Å²) >= 11 is 5.83. The fourth-order valence-electron chi connectivity index (χ4n) is 4.77. The second kappa shape index (κ2) is 16.5. The third-order valence-electron chi connectivity index (χ3n) is 7.43. The fraction of sp³-hybridized carbons (Fsp3) is 0.0833. The van der Waals surface area contributed by atoms with Crippen molar-refractivity contribution in [2.24, 2.45) is 14.1 Å². The fourth-order valence-corrected chi connectivity index (χ4v) is 5.00. The summed E-state index contributed by atoms with van der Waals surface area (Å²) in [7, 11) is 3.58. The van der Waals surface area contributed by atoms with Crippen LogP contribution in [0.4, 0.5) is 43.8 Å². The van der Waals surface area contributed by atoms with Crippen LogP contribution < -0.4 is 25.8 Å². The molecule has 0 bridgehead atoms. The van der Waals surface area contributed by atoms with Gasteiger partial charge in [0.25, 0.3) is 0 Å². The molecule has 0 saturated carbocycles. The van der Waals surface area contributed by atoms with Crippen LogP contribution in [0, 0.1) is 11.6 Å². The van der Waals surface area contributed by atoms with Gasteiger partial charge in [0.2, 0.25) is 11.8 Å². The van der Waals surface area contributed by atoms with E-state index in [0.29, 0.717) is 29.1 Å². The summed E-state index contributed by atoms with van der Waals surface area (Å²) in [6.07, 6.45) is 5.01. The molecule has 7 rings (SSSR count).